The predicted molar refractivity (Wildman–Crippen MR) is 257 cm³/mol. The van der Waals surface area contributed by atoms with E-state index in [9.17, 15) is 79.2 Å². The molecule has 29 heteroatoms. The van der Waals surface area contributed by atoms with E-state index in [1.54, 1.807) is 0 Å². The van der Waals surface area contributed by atoms with Gasteiger partial charge in [0.15, 0.2) is 18.8 Å². The van der Waals surface area contributed by atoms with Crippen molar-refractivity contribution >= 4 is 47.5 Å². The molecule has 1 aliphatic carbocycles. The van der Waals surface area contributed by atoms with E-state index in [2.05, 4.69) is 31.9 Å². The van der Waals surface area contributed by atoms with E-state index < -0.39 is 191 Å². The van der Waals surface area contributed by atoms with Crippen molar-refractivity contribution in [1.29, 1.82) is 0 Å². The fourth-order valence-electron chi connectivity index (χ4n) is 9.34. The van der Waals surface area contributed by atoms with Gasteiger partial charge in [-0.25, -0.2) is 9.59 Å². The van der Waals surface area contributed by atoms with Gasteiger partial charge in [-0.3, -0.25) is 28.8 Å². The van der Waals surface area contributed by atoms with E-state index in [0.29, 0.717) is 0 Å². The van der Waals surface area contributed by atoms with Gasteiger partial charge in [-0.05, 0) is 35.6 Å². The van der Waals surface area contributed by atoms with Gasteiger partial charge in [0.05, 0.1) is 25.7 Å². The Morgan fingerprint density at radius 3 is 1.90 bits per heavy atom. The summed E-state index contributed by atoms with van der Waals surface area (Å²) in [7, 11) is 0. The molecular weight excluding hydrogens is 1030 g/mol. The molecule has 3 fully saturated rings. The van der Waals surface area contributed by atoms with Crippen LogP contribution in [0.2, 0.25) is 0 Å². The molecule has 0 saturated carbocycles. The molecule has 0 radical (unpaired) electrons. The van der Waals surface area contributed by atoms with Gasteiger partial charge in [0, 0.05) is 26.2 Å². The number of fused-ring (bicyclic) bond motifs is 3. The second-order valence-corrected chi connectivity index (χ2v) is 18.8. The van der Waals surface area contributed by atoms with Gasteiger partial charge in [-0.15, -0.1) is 0 Å². The lowest BCUT2D eigenvalue weighted by Gasteiger charge is -2.49. The summed E-state index contributed by atoms with van der Waals surface area (Å²) in [5.41, 5.74) is 9.14. The number of alkyl carbamates (subject to hydrolysis) is 1. The largest absolute Gasteiger partial charge is 0.480 e. The molecule has 0 aromatic heterocycles. The number of aliphatic hydroxyl groups is 7. The summed E-state index contributed by atoms with van der Waals surface area (Å²) >= 11 is 0. The van der Waals surface area contributed by atoms with Crippen molar-refractivity contribution in [3.8, 4) is 11.1 Å². The van der Waals surface area contributed by atoms with Gasteiger partial charge >= 0.3 is 12.1 Å². The third-order valence-corrected chi connectivity index (χ3v) is 13.2. The predicted octanol–water partition coefficient (Wildman–Crippen LogP) is -5.89. The number of carbonyl (C=O) groups is 8. The van der Waals surface area contributed by atoms with Gasteiger partial charge in [-0.1, -0.05) is 48.5 Å². The average Bonchev–Trinajstić information content (AvgIpc) is 3.75. The second kappa shape index (κ2) is 26.7. The van der Waals surface area contributed by atoms with Crippen LogP contribution in [0.25, 0.3) is 11.1 Å². The maximum atomic E-state index is 13.8. The van der Waals surface area contributed by atoms with Crippen LogP contribution < -0.4 is 37.6 Å². The van der Waals surface area contributed by atoms with Gasteiger partial charge in [0.1, 0.15) is 92.3 Å². The van der Waals surface area contributed by atoms with Gasteiger partial charge in [-0.2, -0.15) is 0 Å². The minimum atomic E-state index is -2.08. The number of aliphatic carboxylic acids is 1. The summed E-state index contributed by atoms with van der Waals surface area (Å²) in [4.78, 5) is 102. The fourth-order valence-corrected chi connectivity index (χ4v) is 9.34. The number of carbonyl (C=O) groups excluding carboxylic acids is 7. The second-order valence-electron chi connectivity index (χ2n) is 18.8. The molecule has 29 nitrogen and oxygen atoms in total. The molecule has 424 valence electrons. The number of aliphatic hydroxyl groups excluding tert-OH is 7. The molecule has 0 bridgehead atoms. The van der Waals surface area contributed by atoms with Crippen LogP contribution in [-0.2, 0) is 62.0 Å². The molecule has 6 rings (SSSR count). The number of nitrogens with one attached hydrogen (secondary N) is 6. The maximum Gasteiger partial charge on any atom is 0.407 e. The highest BCUT2D eigenvalue weighted by Crippen LogP contribution is 2.44. The molecule has 3 heterocycles. The molecule has 2 aromatic rings. The van der Waals surface area contributed by atoms with Crippen molar-refractivity contribution < 1.29 is 108 Å². The third-order valence-electron chi connectivity index (χ3n) is 13.2. The molecule has 3 aliphatic heterocycles. The molecule has 0 spiro atoms. The number of hydrogen-bond acceptors (Lipinski definition) is 21. The molecule has 7 amide bonds. The van der Waals surface area contributed by atoms with Crippen molar-refractivity contribution in [1.82, 2.24) is 31.9 Å². The van der Waals surface area contributed by atoms with Crippen molar-refractivity contribution in [3.05, 3.63) is 59.7 Å². The minimum absolute atomic E-state index is 0.0823. The zero-order valence-corrected chi connectivity index (χ0v) is 41.8. The summed E-state index contributed by atoms with van der Waals surface area (Å²) in [6.45, 7) is 0.935. The van der Waals surface area contributed by atoms with Gasteiger partial charge in [0.2, 0.25) is 35.4 Å². The molecule has 3 saturated heterocycles. The average molecular weight is 1090 g/mol. The fraction of sp³-hybridized carbons (Fsp3) is 0.583. The Bertz CT molecular complexity index is 2410. The minimum Gasteiger partial charge on any atom is -0.480 e. The number of nitrogens with two attached hydrogens (primary N) is 1. The quantitative estimate of drug-likeness (QED) is 0.0522. The lowest BCUT2D eigenvalue weighted by Crippen LogP contribution is -2.71. The smallest absolute Gasteiger partial charge is 0.407 e. The Balaban J connectivity index is 1.13. The molecule has 17 atom stereocenters. The SMILES string of the molecule is CC(=O)N[C@@H]1[C@@H](O)[C@H](O[C@@H]2O[C@H](CO)[C@@H](O)[C@H](O)[C@H]2NC(C)=O)[C@@H](CO[C@@H]2O[C@@H](C)[C@@H](O)[C@@H](O)[C@@H]2O)O[C@H]1NC(=O)C[C@H](NC(=O)[C@H](CCC(N)=O)NC(=O)CNC(=O)OCC1c2ccccc2-c2ccccc21)C(=O)O. The topological polar surface area (TPSA) is 452 Å². The van der Waals surface area contributed by atoms with E-state index in [4.69, 9.17) is 34.2 Å². The number of amides is 7. The monoisotopic (exact) mass is 1090 g/mol. The van der Waals surface area contributed by atoms with Crippen molar-refractivity contribution in [3.63, 3.8) is 0 Å². The number of rotatable bonds is 22. The maximum absolute atomic E-state index is 13.8. The Kier molecular flexibility index (Phi) is 20.7. The Labute approximate surface area is 439 Å². The number of benzene rings is 2. The normalized spacial score (nSPS) is 30.5. The van der Waals surface area contributed by atoms with E-state index in [1.165, 1.54) is 6.92 Å². The Hall–Kier alpha value is -6.48. The zero-order valence-electron chi connectivity index (χ0n) is 41.8. The summed E-state index contributed by atoms with van der Waals surface area (Å²) < 4.78 is 34.5. The van der Waals surface area contributed by atoms with Crippen molar-refractivity contribution in [2.75, 3.05) is 26.4 Å². The van der Waals surface area contributed by atoms with Crippen LogP contribution in [0, 0.1) is 0 Å². The van der Waals surface area contributed by atoms with Crippen LogP contribution in [0.3, 0.4) is 0 Å². The van der Waals surface area contributed by atoms with Crippen LogP contribution in [0.1, 0.15) is 57.1 Å². The lowest BCUT2D eigenvalue weighted by molar-refractivity contribution is -0.329. The van der Waals surface area contributed by atoms with Crippen LogP contribution >= 0.6 is 0 Å². The van der Waals surface area contributed by atoms with Gasteiger partial charge < -0.3 is 107 Å². The summed E-state index contributed by atoms with van der Waals surface area (Å²) in [5.74, 6) is -7.95. The third kappa shape index (κ3) is 15.0. The van der Waals surface area contributed by atoms with E-state index >= 15 is 0 Å². The highest BCUT2D eigenvalue weighted by atomic mass is 16.7. The lowest BCUT2D eigenvalue weighted by atomic mass is 9.93. The number of ether oxygens (including phenoxy) is 6. The summed E-state index contributed by atoms with van der Waals surface area (Å²) in [5, 5.41) is 98.6. The molecular formula is C48H65N7O22. The number of primary amides is 1. The molecule has 2 aromatic carbocycles. The van der Waals surface area contributed by atoms with Crippen LogP contribution in [0.5, 0.6) is 0 Å². The van der Waals surface area contributed by atoms with Crippen LogP contribution in [-0.4, -0.2) is 219 Å². The van der Waals surface area contributed by atoms with E-state index in [1.807, 2.05) is 48.5 Å². The summed E-state index contributed by atoms with van der Waals surface area (Å²) in [6.07, 6.45) is -25.3. The Morgan fingerprint density at radius 1 is 0.675 bits per heavy atom. The molecule has 0 unspecified atom stereocenters. The first-order valence-electron chi connectivity index (χ1n) is 24.4. The van der Waals surface area contributed by atoms with E-state index in [-0.39, 0.29) is 12.5 Å². The molecule has 77 heavy (non-hydrogen) atoms. The Morgan fingerprint density at radius 2 is 1.30 bits per heavy atom. The first-order valence-corrected chi connectivity index (χ1v) is 24.4. The van der Waals surface area contributed by atoms with Crippen molar-refractivity contribution in [2.24, 2.45) is 5.73 Å². The number of carboxylic acids is 1. The number of carboxylic acid groups (broad SMARTS) is 1. The first kappa shape index (κ1) is 59.8. The number of hydrogen-bond donors (Lipinski definition) is 15. The zero-order chi connectivity index (χ0) is 56.4. The first-order chi connectivity index (χ1) is 36.5. The van der Waals surface area contributed by atoms with Gasteiger partial charge in [0.25, 0.3) is 0 Å². The van der Waals surface area contributed by atoms with Crippen LogP contribution in [0.4, 0.5) is 4.79 Å². The summed E-state index contributed by atoms with van der Waals surface area (Å²) in [6, 6.07) is 8.17. The van der Waals surface area contributed by atoms with Crippen molar-refractivity contribution in [2.45, 2.75) is 150 Å². The highest BCUT2D eigenvalue weighted by Gasteiger charge is 2.53. The molecule has 4 aliphatic rings. The highest BCUT2D eigenvalue weighted by molar-refractivity contribution is 5.93. The molecule has 16 N–H and O–H groups in total. The standard InChI is InChI=1S/C48H65N7O22/c1-19-36(62)40(66)41(67)47(74-19)72-18-30-42(77-46-35(52-21(3)58)38(64)37(63)29(16-56)76-46)39(65)34(51-20(2)57)44(75-30)55-32(60)14-28(45(69)70)54-43(68)27(12-13-31(49)59)53-33(61)15-50-48(71)73-17-26-24-10-6-4-8-22(24)23-9-5-7-11-25(23)26/h4-11,19,26-30,34-42,44,46-47,56,62-67H,12-18H2,1-3H3,(H2,49,59)(H,50,71)(H,51,57)(H,52,58)(H,53,61)(H,54,68)(H,55,60)(H,69,70)/t19-,27-,28-,29+,30+,34+,35+,36+,37+,38+,39+,40+,41-,42+,44+,46-,47+/m0/s1. The van der Waals surface area contributed by atoms with E-state index in [0.717, 1.165) is 36.1 Å². The van der Waals surface area contributed by atoms with Crippen LogP contribution in [0.15, 0.2) is 48.5 Å².